The van der Waals surface area contributed by atoms with Gasteiger partial charge in [0, 0.05) is 35.1 Å². The van der Waals surface area contributed by atoms with Crippen molar-refractivity contribution in [2.75, 3.05) is 5.32 Å². The highest BCUT2D eigenvalue weighted by atomic mass is 19.1. The number of alkyl halides is 2. The normalized spacial score (nSPS) is 10.6. The van der Waals surface area contributed by atoms with Gasteiger partial charge < -0.3 is 21.5 Å². The van der Waals surface area contributed by atoms with E-state index in [1.54, 1.807) is 48.5 Å². The Labute approximate surface area is 184 Å². The van der Waals surface area contributed by atoms with Crippen molar-refractivity contribution in [3.8, 4) is 5.75 Å². The fourth-order valence-corrected chi connectivity index (χ4v) is 3.08. The Morgan fingerprint density at radius 1 is 0.906 bits per heavy atom. The zero-order chi connectivity index (χ0) is 23.1. The first-order valence-electron chi connectivity index (χ1n) is 9.79. The standard InChI is InChI=1S/C23H24F2N6O/c24-9-19-17(11-30-18-7-5-16(6-8-18)23(28)29)12-31-20(10-25)21(19)32-13-14-1-3-15(4-2-14)22(26)27/h1-8,12,30H,9-11,13H2,(H3,26,27)(H3,28,29). The van der Waals surface area contributed by atoms with E-state index in [1.807, 2.05) is 0 Å². The van der Waals surface area contributed by atoms with E-state index in [0.717, 1.165) is 11.3 Å². The Kier molecular flexibility index (Phi) is 7.33. The van der Waals surface area contributed by atoms with E-state index in [-0.39, 0.29) is 41.8 Å². The molecule has 0 aliphatic heterocycles. The summed E-state index contributed by atoms with van der Waals surface area (Å²) in [6, 6.07) is 13.8. The molecule has 0 amide bonds. The van der Waals surface area contributed by atoms with Gasteiger partial charge in [-0.3, -0.25) is 15.8 Å². The van der Waals surface area contributed by atoms with Crippen LogP contribution in [0.25, 0.3) is 0 Å². The summed E-state index contributed by atoms with van der Waals surface area (Å²) in [7, 11) is 0. The van der Waals surface area contributed by atoms with Gasteiger partial charge in [0.05, 0.1) is 0 Å². The number of nitrogens with zero attached hydrogens (tertiary/aromatic N) is 1. The number of hydrogen-bond acceptors (Lipinski definition) is 5. The van der Waals surface area contributed by atoms with E-state index in [2.05, 4.69) is 10.3 Å². The Morgan fingerprint density at radius 3 is 2.03 bits per heavy atom. The van der Waals surface area contributed by atoms with E-state index >= 15 is 0 Å². The largest absolute Gasteiger partial charge is 0.486 e. The first-order valence-corrected chi connectivity index (χ1v) is 9.79. The molecule has 3 aromatic rings. The van der Waals surface area contributed by atoms with Crippen LogP contribution in [0.15, 0.2) is 54.7 Å². The van der Waals surface area contributed by atoms with Crippen molar-refractivity contribution in [3.63, 3.8) is 0 Å². The van der Waals surface area contributed by atoms with Gasteiger partial charge in [0.25, 0.3) is 0 Å². The number of amidine groups is 2. The quantitative estimate of drug-likeness (QED) is 0.243. The van der Waals surface area contributed by atoms with Gasteiger partial charge in [-0.1, -0.05) is 24.3 Å². The first kappa shape index (κ1) is 22.7. The van der Waals surface area contributed by atoms with E-state index in [4.69, 9.17) is 27.0 Å². The summed E-state index contributed by atoms with van der Waals surface area (Å²) in [5, 5.41) is 18.0. The highest BCUT2D eigenvalue weighted by Crippen LogP contribution is 2.29. The van der Waals surface area contributed by atoms with Crippen molar-refractivity contribution < 1.29 is 13.5 Å². The third-order valence-electron chi connectivity index (χ3n) is 4.89. The van der Waals surface area contributed by atoms with Crippen molar-refractivity contribution >= 4 is 17.4 Å². The number of nitrogens with two attached hydrogens (primary N) is 2. The van der Waals surface area contributed by atoms with E-state index in [9.17, 15) is 8.78 Å². The lowest BCUT2D eigenvalue weighted by Crippen LogP contribution is -2.11. The van der Waals surface area contributed by atoms with Crippen LogP contribution in [0.3, 0.4) is 0 Å². The lowest BCUT2D eigenvalue weighted by molar-refractivity contribution is 0.287. The van der Waals surface area contributed by atoms with Crippen LogP contribution in [0.1, 0.15) is 33.5 Å². The van der Waals surface area contributed by atoms with Crippen LogP contribution in [-0.2, 0) is 26.5 Å². The number of benzene rings is 2. The van der Waals surface area contributed by atoms with Crippen molar-refractivity contribution in [3.05, 3.63) is 88.2 Å². The SMILES string of the molecule is N=C(N)c1ccc(COc2c(CF)ncc(CNc3ccc(C(=N)N)cc3)c2CF)cc1. The summed E-state index contributed by atoms with van der Waals surface area (Å²) < 4.78 is 33.3. The maximum atomic E-state index is 14.0. The van der Waals surface area contributed by atoms with E-state index < -0.39 is 13.3 Å². The smallest absolute Gasteiger partial charge is 0.150 e. The molecule has 0 radical (unpaired) electrons. The Morgan fingerprint density at radius 2 is 1.50 bits per heavy atom. The van der Waals surface area contributed by atoms with Gasteiger partial charge in [0.15, 0.2) is 0 Å². The molecule has 32 heavy (non-hydrogen) atoms. The molecule has 0 bridgehead atoms. The number of aromatic nitrogens is 1. The molecule has 2 aromatic carbocycles. The summed E-state index contributed by atoms with van der Waals surface area (Å²) in [6.45, 7) is -1.38. The highest BCUT2D eigenvalue weighted by molar-refractivity contribution is 5.95. The molecule has 0 unspecified atom stereocenters. The van der Waals surface area contributed by atoms with Crippen LogP contribution >= 0.6 is 0 Å². The van der Waals surface area contributed by atoms with Gasteiger partial charge in [-0.15, -0.1) is 0 Å². The maximum Gasteiger partial charge on any atom is 0.150 e. The Hall–Kier alpha value is -4.01. The van der Waals surface area contributed by atoms with Crippen LogP contribution in [0.2, 0.25) is 0 Å². The Bertz CT molecular complexity index is 1100. The lowest BCUT2D eigenvalue weighted by Gasteiger charge is -2.17. The second-order valence-corrected chi connectivity index (χ2v) is 7.05. The Balaban J connectivity index is 1.77. The van der Waals surface area contributed by atoms with Crippen LogP contribution < -0.4 is 21.5 Å². The molecule has 0 aliphatic carbocycles. The highest BCUT2D eigenvalue weighted by Gasteiger charge is 2.17. The molecule has 1 heterocycles. The molecule has 9 heteroatoms. The third-order valence-corrected chi connectivity index (χ3v) is 4.89. The van der Waals surface area contributed by atoms with E-state index in [0.29, 0.717) is 16.7 Å². The summed E-state index contributed by atoms with van der Waals surface area (Å²) in [5.41, 5.74) is 14.4. The van der Waals surface area contributed by atoms with Gasteiger partial charge in [0.2, 0.25) is 0 Å². The molecule has 7 nitrogen and oxygen atoms in total. The lowest BCUT2D eigenvalue weighted by atomic mass is 10.1. The predicted molar refractivity (Wildman–Crippen MR) is 120 cm³/mol. The van der Waals surface area contributed by atoms with Crippen LogP contribution in [0, 0.1) is 10.8 Å². The fraction of sp³-hybridized carbons (Fsp3) is 0.174. The minimum absolute atomic E-state index is 0.0278. The van der Waals surface area contributed by atoms with Crippen LogP contribution in [-0.4, -0.2) is 16.7 Å². The number of ether oxygens (including phenoxy) is 1. The molecule has 0 spiro atoms. The van der Waals surface area contributed by atoms with Crippen LogP contribution in [0.5, 0.6) is 5.75 Å². The average molecular weight is 438 g/mol. The van der Waals surface area contributed by atoms with Crippen molar-refractivity contribution in [2.45, 2.75) is 26.5 Å². The molecule has 3 rings (SSSR count). The summed E-state index contributed by atoms with van der Waals surface area (Å²) in [6.07, 6.45) is 1.44. The number of nitrogens with one attached hydrogen (secondary N) is 3. The second-order valence-electron chi connectivity index (χ2n) is 7.05. The predicted octanol–water partition coefficient (Wildman–Crippen LogP) is 3.78. The summed E-state index contributed by atoms with van der Waals surface area (Å²) >= 11 is 0. The molecule has 166 valence electrons. The van der Waals surface area contributed by atoms with E-state index in [1.165, 1.54) is 6.20 Å². The summed E-state index contributed by atoms with van der Waals surface area (Å²) in [4.78, 5) is 4.11. The molecule has 0 saturated heterocycles. The minimum atomic E-state index is -0.883. The van der Waals surface area contributed by atoms with Crippen LogP contribution in [0.4, 0.5) is 14.5 Å². The molecule has 0 atom stereocenters. The monoisotopic (exact) mass is 438 g/mol. The summed E-state index contributed by atoms with van der Waals surface area (Å²) in [5.74, 6) is 0.0223. The number of rotatable bonds is 10. The number of hydrogen-bond donors (Lipinski definition) is 5. The second kappa shape index (κ2) is 10.3. The zero-order valence-corrected chi connectivity index (χ0v) is 17.3. The van der Waals surface area contributed by atoms with Gasteiger partial charge in [-0.05, 0) is 35.4 Å². The number of halogens is 2. The molecule has 0 aliphatic rings. The van der Waals surface area contributed by atoms with Gasteiger partial charge >= 0.3 is 0 Å². The molecular formula is C23H24F2N6O. The molecule has 7 N–H and O–H groups in total. The molecule has 0 saturated carbocycles. The zero-order valence-electron chi connectivity index (χ0n) is 17.3. The topological polar surface area (TPSA) is 134 Å². The molecule has 1 aromatic heterocycles. The number of pyridine rings is 1. The minimum Gasteiger partial charge on any atom is -0.486 e. The molecule has 0 fully saturated rings. The number of nitrogen functional groups attached to an aromatic ring is 2. The molecular weight excluding hydrogens is 414 g/mol. The first-order chi connectivity index (χ1) is 15.4. The third kappa shape index (κ3) is 5.37. The average Bonchev–Trinajstić information content (AvgIpc) is 2.81. The maximum absolute atomic E-state index is 14.0. The number of anilines is 1. The van der Waals surface area contributed by atoms with Gasteiger partial charge in [0.1, 0.15) is 43.1 Å². The van der Waals surface area contributed by atoms with Gasteiger partial charge in [-0.25, -0.2) is 8.78 Å². The van der Waals surface area contributed by atoms with Crippen molar-refractivity contribution in [2.24, 2.45) is 11.5 Å². The van der Waals surface area contributed by atoms with Crippen molar-refractivity contribution in [1.29, 1.82) is 10.8 Å². The fourth-order valence-electron chi connectivity index (χ4n) is 3.08. The van der Waals surface area contributed by atoms with Crippen molar-refractivity contribution in [1.82, 2.24) is 4.98 Å². The van der Waals surface area contributed by atoms with Gasteiger partial charge in [-0.2, -0.15) is 0 Å².